The molecular weight excluding hydrogens is 752 g/mol. The van der Waals surface area contributed by atoms with Gasteiger partial charge in [0, 0.05) is 8.95 Å². The monoisotopic (exact) mass is 800 g/mol. The van der Waals surface area contributed by atoms with Gasteiger partial charge >= 0.3 is 0 Å². The summed E-state index contributed by atoms with van der Waals surface area (Å²) in [5, 5.41) is 0. The van der Waals surface area contributed by atoms with Gasteiger partial charge in [-0.15, -0.1) is 0 Å². The number of hydrogen-bond donors (Lipinski definition) is 0. The van der Waals surface area contributed by atoms with Gasteiger partial charge in [0.1, 0.15) is 11.2 Å². The molecule has 4 aromatic carbocycles. The van der Waals surface area contributed by atoms with E-state index in [0.29, 0.717) is 0 Å². The molecule has 6 heteroatoms. The maximum absolute atomic E-state index is 7.50. The minimum absolute atomic E-state index is 0.661. The molecule has 1 aliphatic carbocycles. The van der Waals surface area contributed by atoms with Crippen LogP contribution >= 0.6 is 31.9 Å². The summed E-state index contributed by atoms with van der Waals surface area (Å²) in [6.07, 6.45) is 9.31. The van der Waals surface area contributed by atoms with Gasteiger partial charge in [0.15, 0.2) is 16.6 Å². The van der Waals surface area contributed by atoms with Crippen LogP contribution in [-0.2, 0) is 20.1 Å². The van der Waals surface area contributed by atoms with Crippen molar-refractivity contribution in [3.05, 3.63) is 141 Å². The molecule has 0 N–H and O–H groups in total. The Labute approximate surface area is 308 Å². The van der Waals surface area contributed by atoms with Gasteiger partial charge in [-0.1, -0.05) is 146 Å². The molecule has 0 aromatic heterocycles. The molecule has 0 bridgehead atoms. The molecule has 0 radical (unpaired) electrons. The highest BCUT2D eigenvalue weighted by atomic mass is 79.9. The lowest BCUT2D eigenvalue weighted by Gasteiger charge is -2.46. The molecule has 0 heterocycles. The van der Waals surface area contributed by atoms with Crippen LogP contribution in [-0.4, -0.2) is 16.6 Å². The lowest BCUT2D eigenvalue weighted by Crippen LogP contribution is -2.48. The third-order valence-electron chi connectivity index (χ3n) is 10.8. The molecule has 0 atom stereocenters. The normalized spacial score (nSPS) is 19.5. The minimum Gasteiger partial charge on any atom is -0.401 e. The fourth-order valence-electron chi connectivity index (χ4n) is 7.03. The maximum Gasteiger partial charge on any atom is 0.194 e. The summed E-state index contributed by atoms with van der Waals surface area (Å²) in [6.45, 7) is 13.9. The van der Waals surface area contributed by atoms with Crippen LogP contribution in [0.1, 0.15) is 52.7 Å². The Hall–Kier alpha value is -2.33. The highest BCUT2D eigenvalue weighted by Gasteiger charge is 2.46. The Kier molecular flexibility index (Phi) is 12.1. The van der Waals surface area contributed by atoms with Crippen LogP contribution in [0.25, 0.3) is 22.3 Å². The third kappa shape index (κ3) is 7.69. The molecule has 48 heavy (non-hydrogen) atoms. The lowest BCUT2D eigenvalue weighted by molar-refractivity contribution is 0.121. The van der Waals surface area contributed by atoms with Crippen LogP contribution in [0.2, 0.25) is 36.3 Å². The summed E-state index contributed by atoms with van der Waals surface area (Å²) in [4.78, 5) is 0. The van der Waals surface area contributed by atoms with Crippen LogP contribution in [0.15, 0.2) is 130 Å². The average Bonchev–Trinajstić information content (AvgIpc) is 3.15. The van der Waals surface area contributed by atoms with Crippen LogP contribution in [0.4, 0.5) is 0 Å². The first-order valence-electron chi connectivity index (χ1n) is 17.7. The van der Waals surface area contributed by atoms with Crippen molar-refractivity contribution < 1.29 is 8.85 Å². The van der Waals surface area contributed by atoms with Crippen molar-refractivity contribution >= 4 is 48.5 Å². The van der Waals surface area contributed by atoms with E-state index >= 15 is 0 Å². The van der Waals surface area contributed by atoms with Crippen molar-refractivity contribution in [1.29, 1.82) is 0 Å². The van der Waals surface area contributed by atoms with Gasteiger partial charge < -0.3 is 8.85 Å². The van der Waals surface area contributed by atoms with Crippen molar-refractivity contribution in [3.8, 4) is 22.3 Å². The second kappa shape index (κ2) is 15.7. The molecular formula is C42H50Br2O2Si2. The summed E-state index contributed by atoms with van der Waals surface area (Å²) in [7, 11) is -4.06. The highest BCUT2D eigenvalue weighted by Crippen LogP contribution is 2.46. The summed E-state index contributed by atoms with van der Waals surface area (Å²) in [6, 6.07) is 41.5. The summed E-state index contributed by atoms with van der Waals surface area (Å²) < 4.78 is 17.2. The Morgan fingerprint density at radius 1 is 0.396 bits per heavy atom. The molecule has 252 valence electrons. The number of halogens is 2. The smallest absolute Gasteiger partial charge is 0.194 e. The molecule has 0 saturated heterocycles. The zero-order chi connectivity index (χ0) is 34.4. The van der Waals surface area contributed by atoms with Crippen LogP contribution < -0.4 is 0 Å². The van der Waals surface area contributed by atoms with Gasteiger partial charge in [0.05, 0.1) is 0 Å². The molecule has 5 rings (SSSR count). The quantitative estimate of drug-likeness (QED) is 0.0934. The SMILES string of the molecule is CC[Si](CC)(CC)OC1(c2ccc(-c3ccc(Br)cc3)cc2)C=CC(O[Si](CC)(CC)CC)(c2ccc(-c3ccc(Br)cc3)cc2)C=C1. The van der Waals surface area contributed by atoms with Crippen molar-refractivity contribution in [2.75, 3.05) is 0 Å². The highest BCUT2D eigenvalue weighted by molar-refractivity contribution is 9.10. The Morgan fingerprint density at radius 2 is 0.625 bits per heavy atom. The molecule has 0 amide bonds. The molecule has 0 unspecified atom stereocenters. The predicted molar refractivity (Wildman–Crippen MR) is 217 cm³/mol. The molecule has 0 fully saturated rings. The average molecular weight is 803 g/mol. The predicted octanol–water partition coefficient (Wildman–Crippen LogP) is 13.8. The number of rotatable bonds is 14. The number of benzene rings is 4. The first kappa shape index (κ1) is 36.9. The second-order valence-corrected chi connectivity index (χ2v) is 24.3. The standard InChI is InChI=1S/C42H50Br2O2Si2/c1-7-47(8-2,9-3)45-41(37-21-13-33(14-22-37)35-17-25-39(43)26-18-35)29-31-42(32-30-41,46-48(10-4,11-5)12-6)38-23-15-34(16-24-38)36-19-27-40(44)28-20-36/h13-32H,7-12H2,1-6H3. The third-order valence-corrected chi connectivity index (χ3v) is 21.2. The van der Waals surface area contributed by atoms with Crippen LogP contribution in [0.5, 0.6) is 0 Å². The van der Waals surface area contributed by atoms with Crippen molar-refractivity contribution in [2.45, 2.75) is 89.0 Å². The van der Waals surface area contributed by atoms with Crippen molar-refractivity contribution in [2.24, 2.45) is 0 Å². The van der Waals surface area contributed by atoms with Gasteiger partial charge in [-0.25, -0.2) is 0 Å². The van der Waals surface area contributed by atoms with E-state index in [4.69, 9.17) is 8.85 Å². The Morgan fingerprint density at radius 3 is 0.854 bits per heavy atom. The van der Waals surface area contributed by atoms with Crippen molar-refractivity contribution in [1.82, 2.24) is 0 Å². The molecule has 0 spiro atoms. The van der Waals surface area contributed by atoms with Crippen LogP contribution in [0, 0.1) is 0 Å². The molecule has 1 aliphatic rings. The van der Waals surface area contributed by atoms with E-state index in [2.05, 4.69) is 195 Å². The van der Waals surface area contributed by atoms with Gasteiger partial charge in [0.25, 0.3) is 0 Å². The van der Waals surface area contributed by atoms with E-state index < -0.39 is 27.8 Å². The van der Waals surface area contributed by atoms with E-state index in [1.165, 1.54) is 22.3 Å². The van der Waals surface area contributed by atoms with Crippen molar-refractivity contribution in [3.63, 3.8) is 0 Å². The zero-order valence-electron chi connectivity index (χ0n) is 29.4. The number of hydrogen-bond acceptors (Lipinski definition) is 2. The molecule has 0 aliphatic heterocycles. The van der Waals surface area contributed by atoms with E-state index in [1.54, 1.807) is 0 Å². The van der Waals surface area contributed by atoms with Gasteiger partial charge in [-0.05, 0) is 118 Å². The molecule has 2 nitrogen and oxygen atoms in total. The Bertz CT molecular complexity index is 1530. The summed E-state index contributed by atoms with van der Waals surface area (Å²) >= 11 is 7.15. The van der Waals surface area contributed by atoms with E-state index in [0.717, 1.165) is 56.3 Å². The Balaban J connectivity index is 1.61. The molecule has 0 saturated carbocycles. The lowest BCUT2D eigenvalue weighted by atomic mass is 9.81. The first-order chi connectivity index (χ1) is 23.1. The zero-order valence-corrected chi connectivity index (χ0v) is 34.5. The van der Waals surface area contributed by atoms with E-state index in [9.17, 15) is 0 Å². The summed E-state index contributed by atoms with van der Waals surface area (Å²) in [5.74, 6) is 0. The van der Waals surface area contributed by atoms with Gasteiger partial charge in [-0.3, -0.25) is 0 Å². The fourth-order valence-corrected chi connectivity index (χ4v) is 13.4. The summed E-state index contributed by atoms with van der Waals surface area (Å²) in [5.41, 5.74) is 5.80. The maximum atomic E-state index is 7.50. The first-order valence-corrected chi connectivity index (χ1v) is 24.3. The second-order valence-electron chi connectivity index (χ2n) is 13.1. The van der Waals surface area contributed by atoms with E-state index in [1.807, 2.05) is 0 Å². The van der Waals surface area contributed by atoms with E-state index in [-0.39, 0.29) is 0 Å². The van der Waals surface area contributed by atoms with Gasteiger partial charge in [-0.2, -0.15) is 0 Å². The van der Waals surface area contributed by atoms with Crippen LogP contribution in [0.3, 0.4) is 0 Å². The topological polar surface area (TPSA) is 18.5 Å². The largest absolute Gasteiger partial charge is 0.401 e. The fraction of sp³-hybridized carbons (Fsp3) is 0.333. The van der Waals surface area contributed by atoms with Gasteiger partial charge in [0.2, 0.25) is 0 Å². The molecule has 4 aromatic rings. The minimum atomic E-state index is -2.03.